The summed E-state index contributed by atoms with van der Waals surface area (Å²) in [6.07, 6.45) is 6.39. The van der Waals surface area contributed by atoms with Crippen LogP contribution in [0.2, 0.25) is 0 Å². The molecular formula is C15H17N3O. The van der Waals surface area contributed by atoms with E-state index in [0.717, 1.165) is 35.7 Å². The maximum atomic E-state index is 12.4. The average Bonchev–Trinajstić information content (AvgIpc) is 2.38. The molecule has 1 aromatic heterocycles. The summed E-state index contributed by atoms with van der Waals surface area (Å²) in [6, 6.07) is 7.79. The number of nitrogens with zero attached hydrogens (tertiary/aromatic N) is 1. The SMILES string of the molecule is NCC1(C(=O)Nc2cccc3ccncc23)CCC1. The fourth-order valence-electron chi connectivity index (χ4n) is 2.60. The lowest BCUT2D eigenvalue weighted by Crippen LogP contribution is -2.47. The predicted octanol–water partition coefficient (Wildman–Crippen LogP) is 2.30. The number of aromatic nitrogens is 1. The Morgan fingerprint density at radius 2 is 2.21 bits per heavy atom. The van der Waals surface area contributed by atoms with E-state index in [1.807, 2.05) is 24.3 Å². The van der Waals surface area contributed by atoms with Crippen LogP contribution in [0.25, 0.3) is 10.8 Å². The molecule has 3 N–H and O–H groups in total. The highest BCUT2D eigenvalue weighted by Gasteiger charge is 2.42. The molecule has 0 aliphatic heterocycles. The van der Waals surface area contributed by atoms with E-state index in [1.165, 1.54) is 0 Å². The normalized spacial score (nSPS) is 16.9. The number of rotatable bonds is 3. The number of fused-ring (bicyclic) bond motifs is 1. The Morgan fingerprint density at radius 1 is 1.37 bits per heavy atom. The van der Waals surface area contributed by atoms with E-state index in [9.17, 15) is 4.79 Å². The molecule has 4 nitrogen and oxygen atoms in total. The number of hydrogen-bond acceptors (Lipinski definition) is 3. The second-order valence-corrected chi connectivity index (χ2v) is 5.19. The van der Waals surface area contributed by atoms with Gasteiger partial charge in [0, 0.05) is 24.3 Å². The molecular weight excluding hydrogens is 238 g/mol. The van der Waals surface area contributed by atoms with Crippen LogP contribution in [-0.2, 0) is 4.79 Å². The Bertz CT molecular complexity index is 609. The Balaban J connectivity index is 1.91. The second-order valence-electron chi connectivity index (χ2n) is 5.19. The number of hydrogen-bond donors (Lipinski definition) is 2. The average molecular weight is 255 g/mol. The maximum absolute atomic E-state index is 12.4. The van der Waals surface area contributed by atoms with E-state index in [1.54, 1.807) is 12.4 Å². The zero-order valence-corrected chi connectivity index (χ0v) is 10.7. The summed E-state index contributed by atoms with van der Waals surface area (Å²) in [5, 5.41) is 5.05. The van der Waals surface area contributed by atoms with Crippen molar-refractivity contribution in [1.29, 1.82) is 0 Å². The van der Waals surface area contributed by atoms with Gasteiger partial charge in [0.1, 0.15) is 0 Å². The summed E-state index contributed by atoms with van der Waals surface area (Å²) < 4.78 is 0. The highest BCUT2D eigenvalue weighted by atomic mass is 16.2. The molecule has 1 fully saturated rings. The van der Waals surface area contributed by atoms with E-state index in [0.29, 0.717) is 6.54 Å². The van der Waals surface area contributed by atoms with Crippen LogP contribution >= 0.6 is 0 Å². The van der Waals surface area contributed by atoms with Crippen LogP contribution in [0.4, 0.5) is 5.69 Å². The number of anilines is 1. The fraction of sp³-hybridized carbons (Fsp3) is 0.333. The van der Waals surface area contributed by atoms with Gasteiger partial charge >= 0.3 is 0 Å². The molecule has 0 radical (unpaired) electrons. The number of pyridine rings is 1. The summed E-state index contributed by atoms with van der Waals surface area (Å²) in [7, 11) is 0. The molecule has 0 atom stereocenters. The van der Waals surface area contributed by atoms with Crippen molar-refractivity contribution >= 4 is 22.4 Å². The van der Waals surface area contributed by atoms with Gasteiger partial charge in [0.05, 0.1) is 11.1 Å². The highest BCUT2D eigenvalue weighted by molar-refractivity contribution is 6.04. The summed E-state index contributed by atoms with van der Waals surface area (Å²) >= 11 is 0. The van der Waals surface area contributed by atoms with Crippen molar-refractivity contribution in [2.45, 2.75) is 19.3 Å². The number of carbonyl (C=O) groups excluding carboxylic acids is 1. The van der Waals surface area contributed by atoms with Crippen LogP contribution in [0, 0.1) is 5.41 Å². The van der Waals surface area contributed by atoms with E-state index in [4.69, 9.17) is 5.73 Å². The highest BCUT2D eigenvalue weighted by Crippen LogP contribution is 2.41. The Labute approximate surface area is 112 Å². The van der Waals surface area contributed by atoms with Crippen molar-refractivity contribution in [3.8, 4) is 0 Å². The molecule has 3 rings (SSSR count). The minimum absolute atomic E-state index is 0.0394. The summed E-state index contributed by atoms with van der Waals surface area (Å²) in [4.78, 5) is 16.5. The molecule has 0 spiro atoms. The first-order valence-corrected chi connectivity index (χ1v) is 6.59. The fourth-order valence-corrected chi connectivity index (χ4v) is 2.60. The van der Waals surface area contributed by atoms with Gasteiger partial charge in [-0.25, -0.2) is 0 Å². The van der Waals surface area contributed by atoms with Crippen LogP contribution in [0.5, 0.6) is 0 Å². The van der Waals surface area contributed by atoms with Crippen molar-refractivity contribution in [3.63, 3.8) is 0 Å². The first-order chi connectivity index (χ1) is 9.25. The van der Waals surface area contributed by atoms with Gasteiger partial charge in [-0.2, -0.15) is 0 Å². The van der Waals surface area contributed by atoms with Gasteiger partial charge in [-0.1, -0.05) is 18.6 Å². The smallest absolute Gasteiger partial charge is 0.231 e. The molecule has 1 aliphatic carbocycles. The molecule has 1 amide bonds. The molecule has 1 heterocycles. The number of carbonyl (C=O) groups is 1. The summed E-state index contributed by atoms with van der Waals surface area (Å²) in [6.45, 7) is 0.419. The lowest BCUT2D eigenvalue weighted by Gasteiger charge is -2.39. The van der Waals surface area contributed by atoms with E-state index < -0.39 is 0 Å². The second kappa shape index (κ2) is 4.63. The van der Waals surface area contributed by atoms with Crippen molar-refractivity contribution < 1.29 is 4.79 Å². The standard InChI is InChI=1S/C15H17N3O/c16-10-15(6-2-7-15)14(19)18-13-4-1-3-11-5-8-17-9-12(11)13/h1,3-5,8-9H,2,6-7,10,16H2,(H,18,19). The molecule has 1 aromatic carbocycles. The van der Waals surface area contributed by atoms with E-state index in [2.05, 4.69) is 10.3 Å². The first kappa shape index (κ1) is 12.1. The molecule has 0 saturated heterocycles. The van der Waals surface area contributed by atoms with E-state index in [-0.39, 0.29) is 11.3 Å². The van der Waals surface area contributed by atoms with Crippen LogP contribution in [0.1, 0.15) is 19.3 Å². The molecule has 2 aromatic rings. The molecule has 1 aliphatic rings. The summed E-state index contributed by atoms with van der Waals surface area (Å²) in [5.41, 5.74) is 6.22. The monoisotopic (exact) mass is 255 g/mol. The predicted molar refractivity (Wildman–Crippen MR) is 75.7 cm³/mol. The van der Waals surface area contributed by atoms with Gasteiger partial charge in [0.2, 0.25) is 5.91 Å². The molecule has 19 heavy (non-hydrogen) atoms. The Morgan fingerprint density at radius 3 is 2.89 bits per heavy atom. The third-order valence-corrected chi connectivity index (χ3v) is 4.11. The van der Waals surface area contributed by atoms with Crippen molar-refractivity contribution in [1.82, 2.24) is 4.98 Å². The topological polar surface area (TPSA) is 68.0 Å². The summed E-state index contributed by atoms with van der Waals surface area (Å²) in [5.74, 6) is 0.0394. The maximum Gasteiger partial charge on any atom is 0.231 e. The van der Waals surface area contributed by atoms with Gasteiger partial charge < -0.3 is 11.1 Å². The largest absolute Gasteiger partial charge is 0.329 e. The van der Waals surface area contributed by atoms with Gasteiger partial charge in [-0.15, -0.1) is 0 Å². The number of nitrogens with two attached hydrogens (primary N) is 1. The number of amides is 1. The van der Waals surface area contributed by atoms with Gasteiger partial charge in [0.15, 0.2) is 0 Å². The van der Waals surface area contributed by atoms with Crippen molar-refractivity contribution in [3.05, 3.63) is 36.7 Å². The minimum atomic E-state index is -0.357. The van der Waals surface area contributed by atoms with Crippen LogP contribution < -0.4 is 11.1 Å². The first-order valence-electron chi connectivity index (χ1n) is 6.59. The molecule has 98 valence electrons. The quantitative estimate of drug-likeness (QED) is 0.884. The number of nitrogens with one attached hydrogen (secondary N) is 1. The third kappa shape index (κ3) is 1.98. The minimum Gasteiger partial charge on any atom is -0.329 e. The molecule has 4 heteroatoms. The van der Waals surface area contributed by atoms with Gasteiger partial charge in [0.25, 0.3) is 0 Å². The van der Waals surface area contributed by atoms with Crippen LogP contribution in [0.15, 0.2) is 36.7 Å². The Kier molecular flexibility index (Phi) is 2.95. The zero-order chi connectivity index (χ0) is 13.3. The van der Waals surface area contributed by atoms with Crippen LogP contribution in [-0.4, -0.2) is 17.4 Å². The number of benzene rings is 1. The lowest BCUT2D eigenvalue weighted by atomic mass is 9.68. The van der Waals surface area contributed by atoms with E-state index >= 15 is 0 Å². The van der Waals surface area contributed by atoms with Gasteiger partial charge in [-0.05, 0) is 30.4 Å². The molecule has 0 bridgehead atoms. The third-order valence-electron chi connectivity index (χ3n) is 4.11. The zero-order valence-electron chi connectivity index (χ0n) is 10.7. The lowest BCUT2D eigenvalue weighted by molar-refractivity contribution is -0.129. The Hall–Kier alpha value is -1.94. The van der Waals surface area contributed by atoms with Gasteiger partial charge in [-0.3, -0.25) is 9.78 Å². The molecule has 1 saturated carbocycles. The van der Waals surface area contributed by atoms with Crippen molar-refractivity contribution in [2.75, 3.05) is 11.9 Å². The van der Waals surface area contributed by atoms with Crippen molar-refractivity contribution in [2.24, 2.45) is 11.1 Å². The van der Waals surface area contributed by atoms with Crippen LogP contribution in [0.3, 0.4) is 0 Å². The molecule has 0 unspecified atom stereocenters.